The molecule has 0 spiro atoms. The van der Waals surface area contributed by atoms with Crippen LogP contribution in [0.2, 0.25) is 0 Å². The lowest BCUT2D eigenvalue weighted by molar-refractivity contribution is -0.122. The Morgan fingerprint density at radius 3 is 2.67 bits per heavy atom. The van der Waals surface area contributed by atoms with Gasteiger partial charge < -0.3 is 9.64 Å². The van der Waals surface area contributed by atoms with Crippen molar-refractivity contribution in [3.8, 4) is 5.75 Å². The lowest BCUT2D eigenvalue weighted by atomic mass is 10.2. The molecule has 4 nitrogen and oxygen atoms in total. The zero-order valence-electron chi connectivity index (χ0n) is 14.0. The summed E-state index contributed by atoms with van der Waals surface area (Å²) >= 11 is 8.49. The average Bonchev–Trinajstić information content (AvgIpc) is 3.09. The highest BCUT2D eigenvalue weighted by Gasteiger charge is 2.38. The molecule has 2 heterocycles. The van der Waals surface area contributed by atoms with E-state index in [9.17, 15) is 4.79 Å². The molecule has 1 aromatic rings. The number of carbonyl (C=O) groups excluding carboxylic acids is 1. The maximum atomic E-state index is 12.8. The Morgan fingerprint density at radius 2 is 2.00 bits per heavy atom. The summed E-state index contributed by atoms with van der Waals surface area (Å²) in [6.45, 7) is 5.70. The zero-order chi connectivity index (χ0) is 17.3. The van der Waals surface area contributed by atoms with Crippen LogP contribution in [0, 0.1) is 0 Å². The van der Waals surface area contributed by atoms with Crippen molar-refractivity contribution < 1.29 is 9.53 Å². The molecule has 0 aromatic heterocycles. The van der Waals surface area contributed by atoms with Crippen LogP contribution in [0.4, 0.5) is 5.69 Å². The predicted molar refractivity (Wildman–Crippen MR) is 106 cm³/mol. The Labute approximate surface area is 156 Å². The van der Waals surface area contributed by atoms with Crippen LogP contribution in [0.3, 0.4) is 0 Å². The SMILES string of the molecule is CCCCN1C(=O)/C(=C2\Sc3ccc(OC)cc3N2CC)SC1=S. The predicted octanol–water partition coefficient (Wildman–Crippen LogP) is 4.46. The van der Waals surface area contributed by atoms with Crippen molar-refractivity contribution in [1.82, 2.24) is 4.90 Å². The van der Waals surface area contributed by atoms with Gasteiger partial charge in [-0.25, -0.2) is 0 Å². The molecule has 0 atom stereocenters. The topological polar surface area (TPSA) is 32.8 Å². The first-order chi connectivity index (χ1) is 11.6. The van der Waals surface area contributed by atoms with Gasteiger partial charge >= 0.3 is 0 Å². The monoisotopic (exact) mass is 380 g/mol. The number of anilines is 1. The fourth-order valence-electron chi connectivity index (χ4n) is 2.71. The first-order valence-electron chi connectivity index (χ1n) is 8.02. The third-order valence-corrected chi connectivity index (χ3v) is 6.75. The summed E-state index contributed by atoms with van der Waals surface area (Å²) in [7, 11) is 1.67. The van der Waals surface area contributed by atoms with Gasteiger partial charge in [-0.15, -0.1) is 0 Å². The van der Waals surface area contributed by atoms with E-state index in [-0.39, 0.29) is 5.91 Å². The molecule has 0 aliphatic carbocycles. The molecular weight excluding hydrogens is 360 g/mol. The van der Waals surface area contributed by atoms with E-state index in [1.807, 2.05) is 18.2 Å². The number of hydrogen-bond acceptors (Lipinski definition) is 6. The fraction of sp³-hybridized carbons (Fsp3) is 0.412. The Kier molecular flexibility index (Phi) is 5.42. The van der Waals surface area contributed by atoms with Gasteiger partial charge in [0, 0.05) is 24.1 Å². The average molecular weight is 381 g/mol. The van der Waals surface area contributed by atoms with Crippen LogP contribution in [-0.4, -0.2) is 35.3 Å². The van der Waals surface area contributed by atoms with Crippen molar-refractivity contribution in [3.05, 3.63) is 28.1 Å². The van der Waals surface area contributed by atoms with Gasteiger partial charge in [-0.05, 0) is 25.5 Å². The van der Waals surface area contributed by atoms with Gasteiger partial charge in [-0.3, -0.25) is 9.69 Å². The second kappa shape index (κ2) is 7.37. The lowest BCUT2D eigenvalue weighted by Gasteiger charge is -2.19. The molecule has 0 saturated carbocycles. The third-order valence-electron chi connectivity index (χ3n) is 4.00. The fourth-order valence-corrected chi connectivity index (χ4v) is 5.37. The Balaban J connectivity index is 1.96. The Hall–Kier alpha value is -1.18. The van der Waals surface area contributed by atoms with E-state index in [0.29, 0.717) is 10.9 Å². The molecule has 2 aliphatic rings. The number of rotatable bonds is 5. The van der Waals surface area contributed by atoms with Crippen LogP contribution in [-0.2, 0) is 4.79 Å². The van der Waals surface area contributed by atoms with Gasteiger partial charge in [0.25, 0.3) is 5.91 Å². The molecule has 0 bridgehead atoms. The molecule has 1 aromatic carbocycles. The van der Waals surface area contributed by atoms with Crippen molar-refractivity contribution >= 4 is 51.7 Å². The smallest absolute Gasteiger partial charge is 0.268 e. The second-order valence-corrected chi connectivity index (χ2v) is 8.17. The Bertz CT molecular complexity index is 718. The van der Waals surface area contributed by atoms with E-state index in [0.717, 1.165) is 45.7 Å². The van der Waals surface area contributed by atoms with Gasteiger partial charge in [0.2, 0.25) is 0 Å². The minimum Gasteiger partial charge on any atom is -0.497 e. The number of benzene rings is 1. The van der Waals surface area contributed by atoms with Crippen LogP contribution in [0.15, 0.2) is 33.0 Å². The first-order valence-corrected chi connectivity index (χ1v) is 10.1. The molecule has 1 saturated heterocycles. The highest BCUT2D eigenvalue weighted by Crippen LogP contribution is 2.51. The summed E-state index contributed by atoms with van der Waals surface area (Å²) in [5.74, 6) is 0.865. The molecule has 1 fully saturated rings. The van der Waals surface area contributed by atoms with Crippen molar-refractivity contribution in [3.63, 3.8) is 0 Å². The van der Waals surface area contributed by atoms with Crippen molar-refractivity contribution in [2.24, 2.45) is 0 Å². The zero-order valence-corrected chi connectivity index (χ0v) is 16.4. The second-order valence-electron chi connectivity index (χ2n) is 5.49. The van der Waals surface area contributed by atoms with Crippen LogP contribution in [0.1, 0.15) is 26.7 Å². The minimum absolute atomic E-state index is 0.0409. The Morgan fingerprint density at radius 1 is 1.21 bits per heavy atom. The van der Waals surface area contributed by atoms with E-state index in [2.05, 4.69) is 18.7 Å². The lowest BCUT2D eigenvalue weighted by Crippen LogP contribution is -2.29. The molecule has 2 aliphatic heterocycles. The number of carbonyl (C=O) groups is 1. The number of unbranched alkanes of at least 4 members (excludes halogenated alkanes) is 1. The maximum absolute atomic E-state index is 12.8. The summed E-state index contributed by atoms with van der Waals surface area (Å²) in [6.07, 6.45) is 2.02. The molecular formula is C17H20N2O2S3. The van der Waals surface area contributed by atoms with E-state index < -0.39 is 0 Å². The number of amides is 1. The minimum atomic E-state index is 0.0409. The molecule has 128 valence electrons. The number of thioether (sulfide) groups is 2. The number of thiocarbonyl (C=S) groups is 1. The highest BCUT2D eigenvalue weighted by atomic mass is 32.2. The molecule has 1 amide bonds. The normalized spacial score (nSPS) is 20.1. The third kappa shape index (κ3) is 3.05. The van der Waals surface area contributed by atoms with E-state index in [1.54, 1.807) is 23.8 Å². The number of ether oxygens (including phenoxy) is 1. The first kappa shape index (κ1) is 17.6. The van der Waals surface area contributed by atoms with Gasteiger partial charge in [-0.2, -0.15) is 0 Å². The standard InChI is InChI=1S/C17H20N2O2S3/c1-4-6-9-19-15(20)14(24-17(19)22)16-18(5-2)12-10-11(21-3)7-8-13(12)23-16/h7-8,10H,4-6,9H2,1-3H3/b16-14+. The summed E-state index contributed by atoms with van der Waals surface area (Å²) in [4.78, 5) is 18.6. The van der Waals surface area contributed by atoms with Crippen LogP contribution in [0.25, 0.3) is 0 Å². The molecule has 3 rings (SSSR count). The van der Waals surface area contributed by atoms with Gasteiger partial charge in [-0.1, -0.05) is 49.1 Å². The number of hydrogen-bond donors (Lipinski definition) is 0. The maximum Gasteiger partial charge on any atom is 0.268 e. The van der Waals surface area contributed by atoms with Gasteiger partial charge in [0.05, 0.1) is 12.8 Å². The largest absolute Gasteiger partial charge is 0.497 e. The van der Waals surface area contributed by atoms with Gasteiger partial charge in [0.15, 0.2) is 0 Å². The van der Waals surface area contributed by atoms with E-state index >= 15 is 0 Å². The number of nitrogens with zero attached hydrogens (tertiary/aromatic N) is 2. The quantitative estimate of drug-likeness (QED) is 0.554. The van der Waals surface area contributed by atoms with Crippen molar-refractivity contribution in [2.45, 2.75) is 31.6 Å². The molecule has 24 heavy (non-hydrogen) atoms. The summed E-state index contributed by atoms with van der Waals surface area (Å²) < 4.78 is 6.01. The molecule has 7 heteroatoms. The summed E-state index contributed by atoms with van der Waals surface area (Å²) in [5.41, 5.74) is 1.09. The van der Waals surface area contributed by atoms with Crippen molar-refractivity contribution in [2.75, 3.05) is 25.1 Å². The highest BCUT2D eigenvalue weighted by molar-refractivity contribution is 8.27. The van der Waals surface area contributed by atoms with E-state index in [1.165, 1.54) is 11.8 Å². The van der Waals surface area contributed by atoms with E-state index in [4.69, 9.17) is 17.0 Å². The molecule has 0 unspecified atom stereocenters. The summed E-state index contributed by atoms with van der Waals surface area (Å²) in [5, 5.41) is 0.983. The van der Waals surface area contributed by atoms with Crippen LogP contribution in [0.5, 0.6) is 5.75 Å². The van der Waals surface area contributed by atoms with Crippen molar-refractivity contribution in [1.29, 1.82) is 0 Å². The number of methoxy groups -OCH3 is 1. The molecule has 0 radical (unpaired) electrons. The summed E-state index contributed by atoms with van der Waals surface area (Å²) in [6, 6.07) is 6.03. The van der Waals surface area contributed by atoms with Crippen LogP contribution < -0.4 is 9.64 Å². The van der Waals surface area contributed by atoms with Gasteiger partial charge in [0.1, 0.15) is 20.0 Å². The molecule has 0 N–H and O–H groups in total. The number of fused-ring (bicyclic) bond motifs is 1. The van der Waals surface area contributed by atoms with Crippen LogP contribution >= 0.6 is 35.7 Å².